The van der Waals surface area contributed by atoms with E-state index in [0.717, 1.165) is 21.9 Å². The fourth-order valence-corrected chi connectivity index (χ4v) is 3.80. The zero-order valence-corrected chi connectivity index (χ0v) is 13.2. The van der Waals surface area contributed by atoms with Crippen molar-refractivity contribution < 1.29 is 9.59 Å². The molecule has 1 heterocycles. The first-order chi connectivity index (χ1) is 12.2. The molecule has 1 aliphatic carbocycles. The number of hydrogen-bond acceptors (Lipinski definition) is 2. The van der Waals surface area contributed by atoms with Crippen molar-refractivity contribution >= 4 is 28.3 Å². The smallest absolute Gasteiger partial charge is 0.320 e. The second kappa shape index (κ2) is 5.05. The van der Waals surface area contributed by atoms with Crippen LogP contribution in [-0.2, 0) is 0 Å². The average Bonchev–Trinajstić information content (AvgIpc) is 2.93. The number of carbonyl (C=O) groups is 2. The first kappa shape index (κ1) is 14.0. The summed E-state index contributed by atoms with van der Waals surface area (Å²) in [4.78, 5) is 25.3. The van der Waals surface area contributed by atoms with Crippen molar-refractivity contribution in [1.82, 2.24) is 10.6 Å². The van der Waals surface area contributed by atoms with Gasteiger partial charge in [0.25, 0.3) is 0 Å². The van der Waals surface area contributed by atoms with Gasteiger partial charge in [-0.2, -0.15) is 0 Å². The summed E-state index contributed by atoms with van der Waals surface area (Å²) >= 11 is 0. The number of carbonyl (C=O) groups excluding carboxylic acids is 2. The molecule has 3 aromatic rings. The lowest BCUT2D eigenvalue weighted by Crippen LogP contribution is -2.43. The highest BCUT2D eigenvalue weighted by molar-refractivity contribution is 6.23. The molecule has 0 aromatic heterocycles. The number of amides is 2. The molecule has 2 aliphatic rings. The SMILES string of the molecule is O=C1NC2=C(C(=O)c3ccccc32)C(c2cccc3ccccc23)N1. The van der Waals surface area contributed by atoms with Gasteiger partial charge in [-0.15, -0.1) is 0 Å². The number of fused-ring (bicyclic) bond motifs is 3. The Morgan fingerprint density at radius 3 is 2.36 bits per heavy atom. The van der Waals surface area contributed by atoms with E-state index in [1.54, 1.807) is 0 Å². The fraction of sp³-hybridized carbons (Fsp3) is 0.0476. The van der Waals surface area contributed by atoms with Gasteiger partial charge in [0.2, 0.25) is 0 Å². The molecule has 1 unspecified atom stereocenters. The lowest BCUT2D eigenvalue weighted by Gasteiger charge is -2.27. The molecule has 0 radical (unpaired) electrons. The lowest BCUT2D eigenvalue weighted by molar-refractivity contribution is 0.103. The van der Waals surface area contributed by atoms with Gasteiger partial charge in [-0.1, -0.05) is 66.7 Å². The molecule has 2 N–H and O–H groups in total. The van der Waals surface area contributed by atoms with Crippen LogP contribution in [0.1, 0.15) is 27.5 Å². The third-order valence-corrected chi connectivity index (χ3v) is 4.89. The van der Waals surface area contributed by atoms with Crippen molar-refractivity contribution in [3.63, 3.8) is 0 Å². The van der Waals surface area contributed by atoms with Gasteiger partial charge in [0.05, 0.1) is 17.3 Å². The Kier molecular flexibility index (Phi) is 2.82. The average molecular weight is 326 g/mol. The minimum Gasteiger partial charge on any atom is -0.327 e. The summed E-state index contributed by atoms with van der Waals surface area (Å²) in [6.07, 6.45) is 0. The Morgan fingerprint density at radius 2 is 1.48 bits per heavy atom. The quantitative estimate of drug-likeness (QED) is 0.714. The molecule has 1 atom stereocenters. The Morgan fingerprint density at radius 1 is 0.760 bits per heavy atom. The molecule has 2 amide bonds. The first-order valence-electron chi connectivity index (χ1n) is 8.17. The van der Waals surface area contributed by atoms with Gasteiger partial charge in [-0.05, 0) is 16.3 Å². The number of ketones is 1. The number of urea groups is 1. The molecule has 4 nitrogen and oxygen atoms in total. The number of nitrogens with one attached hydrogen (secondary N) is 2. The number of rotatable bonds is 1. The van der Waals surface area contributed by atoms with Gasteiger partial charge < -0.3 is 10.6 Å². The van der Waals surface area contributed by atoms with Crippen molar-refractivity contribution in [2.45, 2.75) is 6.04 Å². The van der Waals surface area contributed by atoms with E-state index < -0.39 is 6.04 Å². The van der Waals surface area contributed by atoms with E-state index in [-0.39, 0.29) is 11.8 Å². The summed E-state index contributed by atoms with van der Waals surface area (Å²) in [6, 6.07) is 20.6. The van der Waals surface area contributed by atoms with E-state index in [4.69, 9.17) is 0 Å². The van der Waals surface area contributed by atoms with Gasteiger partial charge in [0, 0.05) is 11.1 Å². The van der Waals surface area contributed by atoms with E-state index >= 15 is 0 Å². The van der Waals surface area contributed by atoms with Crippen LogP contribution >= 0.6 is 0 Å². The third-order valence-electron chi connectivity index (χ3n) is 4.89. The Hall–Kier alpha value is -3.40. The third kappa shape index (κ3) is 1.94. The molecule has 25 heavy (non-hydrogen) atoms. The van der Waals surface area contributed by atoms with Crippen LogP contribution in [0, 0.1) is 0 Å². The zero-order valence-electron chi connectivity index (χ0n) is 13.2. The molecular weight excluding hydrogens is 312 g/mol. The second-order valence-electron chi connectivity index (χ2n) is 6.26. The van der Waals surface area contributed by atoms with Gasteiger partial charge in [-0.25, -0.2) is 4.79 Å². The summed E-state index contributed by atoms with van der Waals surface area (Å²) in [6.45, 7) is 0. The van der Waals surface area contributed by atoms with Crippen molar-refractivity contribution in [2.24, 2.45) is 0 Å². The molecule has 0 saturated heterocycles. The van der Waals surface area contributed by atoms with Gasteiger partial charge in [-0.3, -0.25) is 4.79 Å². The summed E-state index contributed by atoms with van der Waals surface area (Å²) in [7, 11) is 0. The summed E-state index contributed by atoms with van der Waals surface area (Å²) in [5.74, 6) is -0.0314. The normalized spacial score (nSPS) is 18.6. The maximum absolute atomic E-state index is 13.0. The maximum Gasteiger partial charge on any atom is 0.320 e. The molecule has 3 aromatic carbocycles. The molecule has 0 spiro atoms. The van der Waals surface area contributed by atoms with E-state index in [0.29, 0.717) is 16.8 Å². The maximum atomic E-state index is 13.0. The number of hydrogen-bond donors (Lipinski definition) is 2. The second-order valence-corrected chi connectivity index (χ2v) is 6.26. The Balaban J connectivity index is 1.76. The minimum atomic E-state index is -0.463. The van der Waals surface area contributed by atoms with Crippen LogP contribution in [0.3, 0.4) is 0 Å². The van der Waals surface area contributed by atoms with Crippen LogP contribution in [0.5, 0.6) is 0 Å². The van der Waals surface area contributed by atoms with E-state index in [1.165, 1.54) is 0 Å². The minimum absolute atomic E-state index is 0.0314. The Bertz CT molecular complexity index is 1090. The van der Waals surface area contributed by atoms with Crippen LogP contribution in [0.15, 0.2) is 72.3 Å². The van der Waals surface area contributed by atoms with E-state index in [2.05, 4.69) is 10.6 Å². The van der Waals surface area contributed by atoms with Gasteiger partial charge in [0.1, 0.15) is 0 Å². The lowest BCUT2D eigenvalue weighted by atomic mass is 9.91. The predicted molar refractivity (Wildman–Crippen MR) is 96.0 cm³/mol. The molecule has 0 saturated carbocycles. The first-order valence-corrected chi connectivity index (χ1v) is 8.17. The zero-order chi connectivity index (χ0) is 17.0. The van der Waals surface area contributed by atoms with Crippen molar-refractivity contribution in [2.75, 3.05) is 0 Å². The molecule has 1 aliphatic heterocycles. The Labute approximate surface area is 144 Å². The van der Waals surface area contributed by atoms with Crippen LogP contribution in [0.25, 0.3) is 16.5 Å². The van der Waals surface area contributed by atoms with E-state index in [9.17, 15) is 9.59 Å². The van der Waals surface area contributed by atoms with Crippen LogP contribution in [0.2, 0.25) is 0 Å². The largest absolute Gasteiger partial charge is 0.327 e. The van der Waals surface area contributed by atoms with Crippen LogP contribution in [-0.4, -0.2) is 11.8 Å². The van der Waals surface area contributed by atoms with Crippen LogP contribution < -0.4 is 10.6 Å². The predicted octanol–water partition coefficient (Wildman–Crippen LogP) is 3.80. The highest BCUT2D eigenvalue weighted by Crippen LogP contribution is 2.41. The van der Waals surface area contributed by atoms with Crippen molar-refractivity contribution in [1.29, 1.82) is 0 Å². The topological polar surface area (TPSA) is 58.2 Å². The number of benzene rings is 3. The van der Waals surface area contributed by atoms with Crippen molar-refractivity contribution in [3.8, 4) is 0 Å². The molecule has 120 valence electrons. The van der Waals surface area contributed by atoms with Gasteiger partial charge >= 0.3 is 6.03 Å². The summed E-state index contributed by atoms with van der Waals surface area (Å²) < 4.78 is 0. The molecule has 0 bridgehead atoms. The standard InChI is InChI=1S/C21H14N2O2/c24-20-16-10-4-3-9-15(16)19-17(20)18(22-21(25)23-19)14-11-5-7-12-6-1-2-8-13(12)14/h1-11,18H,(H2,22,23,25). The molecule has 5 rings (SSSR count). The van der Waals surface area contributed by atoms with Gasteiger partial charge in [0.15, 0.2) is 5.78 Å². The molecule has 4 heteroatoms. The van der Waals surface area contributed by atoms with Crippen molar-refractivity contribution in [3.05, 3.63) is 89.0 Å². The molecule has 0 fully saturated rings. The number of Topliss-reactive ketones (excluding diaryl/α,β-unsaturated/α-hetero) is 1. The summed E-state index contributed by atoms with van der Waals surface area (Å²) in [5, 5.41) is 7.87. The summed E-state index contributed by atoms with van der Waals surface area (Å²) in [5.41, 5.74) is 3.60. The highest BCUT2D eigenvalue weighted by Gasteiger charge is 2.39. The highest BCUT2D eigenvalue weighted by atomic mass is 16.2. The monoisotopic (exact) mass is 326 g/mol. The van der Waals surface area contributed by atoms with Crippen LogP contribution in [0.4, 0.5) is 4.79 Å². The fourth-order valence-electron chi connectivity index (χ4n) is 3.80. The van der Waals surface area contributed by atoms with E-state index in [1.807, 2.05) is 66.7 Å². The molecular formula is C21H14N2O2.